The van der Waals surface area contributed by atoms with Gasteiger partial charge in [0.05, 0.1) is 18.6 Å². The standard InChI is InChI=1S/C20H21NO2/c1-20-12-5-13-21(14-8-10-15(23-2)11-9-14)18(20)16-6-3-4-7-17(16)19(20)22/h3-4,6-11,18H,5,12-13H2,1-2H3. The summed E-state index contributed by atoms with van der Waals surface area (Å²) >= 11 is 0. The van der Waals surface area contributed by atoms with Crippen LogP contribution >= 0.6 is 0 Å². The van der Waals surface area contributed by atoms with Gasteiger partial charge >= 0.3 is 0 Å². The van der Waals surface area contributed by atoms with Gasteiger partial charge in [-0.3, -0.25) is 4.79 Å². The number of carbonyl (C=O) groups excluding carboxylic acids is 1. The maximum Gasteiger partial charge on any atom is 0.171 e. The molecule has 0 radical (unpaired) electrons. The quantitative estimate of drug-likeness (QED) is 0.831. The molecular weight excluding hydrogens is 286 g/mol. The number of methoxy groups -OCH3 is 1. The zero-order chi connectivity index (χ0) is 16.0. The molecule has 0 aromatic heterocycles. The Bertz CT molecular complexity index is 752. The van der Waals surface area contributed by atoms with Crippen LogP contribution in [0.5, 0.6) is 5.75 Å². The van der Waals surface area contributed by atoms with Crippen LogP contribution in [0.2, 0.25) is 0 Å². The summed E-state index contributed by atoms with van der Waals surface area (Å²) < 4.78 is 5.26. The van der Waals surface area contributed by atoms with Crippen LogP contribution in [0.3, 0.4) is 0 Å². The third-order valence-corrected chi connectivity index (χ3v) is 5.43. The molecular formula is C20H21NO2. The first-order chi connectivity index (χ1) is 11.1. The Balaban J connectivity index is 1.81. The lowest BCUT2D eigenvalue weighted by Crippen LogP contribution is -2.44. The van der Waals surface area contributed by atoms with Gasteiger partial charge in [-0.1, -0.05) is 24.3 Å². The number of carbonyl (C=O) groups is 1. The van der Waals surface area contributed by atoms with Crippen LogP contribution in [-0.2, 0) is 0 Å². The molecule has 1 aliphatic heterocycles. The van der Waals surface area contributed by atoms with Crippen molar-refractivity contribution in [1.82, 2.24) is 0 Å². The molecule has 2 aliphatic rings. The van der Waals surface area contributed by atoms with Crippen molar-refractivity contribution in [2.75, 3.05) is 18.6 Å². The minimum Gasteiger partial charge on any atom is -0.497 e. The number of piperidine rings is 1. The Morgan fingerprint density at radius 2 is 1.87 bits per heavy atom. The van der Waals surface area contributed by atoms with Crippen LogP contribution in [0.1, 0.15) is 41.7 Å². The average molecular weight is 307 g/mol. The van der Waals surface area contributed by atoms with Crippen molar-refractivity contribution in [2.24, 2.45) is 5.41 Å². The largest absolute Gasteiger partial charge is 0.497 e. The van der Waals surface area contributed by atoms with Gasteiger partial charge in [-0.2, -0.15) is 0 Å². The number of Topliss-reactive ketones (excluding diaryl/α,β-unsaturated/α-hetero) is 1. The molecule has 2 atom stereocenters. The predicted octanol–water partition coefficient (Wildman–Crippen LogP) is 4.24. The lowest BCUT2D eigenvalue weighted by Gasteiger charge is -2.45. The lowest BCUT2D eigenvalue weighted by molar-refractivity contribution is 0.0760. The van der Waals surface area contributed by atoms with Crippen molar-refractivity contribution in [2.45, 2.75) is 25.8 Å². The molecule has 1 heterocycles. The molecule has 0 saturated carbocycles. The third kappa shape index (κ3) is 1.99. The Labute approximate surface area is 136 Å². The molecule has 0 N–H and O–H groups in total. The molecule has 23 heavy (non-hydrogen) atoms. The molecule has 2 aromatic carbocycles. The molecule has 3 heteroatoms. The summed E-state index contributed by atoms with van der Waals surface area (Å²) in [7, 11) is 1.68. The normalized spacial score (nSPS) is 25.9. The summed E-state index contributed by atoms with van der Waals surface area (Å²) in [6.45, 7) is 3.11. The predicted molar refractivity (Wildman–Crippen MR) is 91.2 cm³/mol. The lowest BCUT2D eigenvalue weighted by atomic mass is 9.74. The van der Waals surface area contributed by atoms with Crippen molar-refractivity contribution in [1.29, 1.82) is 0 Å². The van der Waals surface area contributed by atoms with Crippen LogP contribution < -0.4 is 9.64 Å². The number of nitrogens with zero attached hydrogens (tertiary/aromatic N) is 1. The Morgan fingerprint density at radius 3 is 2.61 bits per heavy atom. The molecule has 3 nitrogen and oxygen atoms in total. The second-order valence-electron chi connectivity index (χ2n) is 6.73. The molecule has 1 fully saturated rings. The number of fused-ring (bicyclic) bond motifs is 3. The maximum atomic E-state index is 13.0. The van der Waals surface area contributed by atoms with E-state index in [9.17, 15) is 4.79 Å². The zero-order valence-electron chi connectivity index (χ0n) is 13.6. The van der Waals surface area contributed by atoms with Gasteiger partial charge in [-0.25, -0.2) is 0 Å². The van der Waals surface area contributed by atoms with E-state index in [-0.39, 0.29) is 11.5 Å². The fourth-order valence-electron chi connectivity index (χ4n) is 4.28. The summed E-state index contributed by atoms with van der Waals surface area (Å²) in [5, 5.41) is 0. The number of anilines is 1. The van der Waals surface area contributed by atoms with Crippen molar-refractivity contribution < 1.29 is 9.53 Å². The van der Waals surface area contributed by atoms with E-state index < -0.39 is 0 Å². The van der Waals surface area contributed by atoms with Crippen LogP contribution in [-0.4, -0.2) is 19.4 Å². The van der Waals surface area contributed by atoms with E-state index in [4.69, 9.17) is 4.74 Å². The molecule has 4 rings (SSSR count). The third-order valence-electron chi connectivity index (χ3n) is 5.43. The van der Waals surface area contributed by atoms with Crippen molar-refractivity contribution >= 4 is 11.5 Å². The van der Waals surface area contributed by atoms with Gasteiger partial charge in [0.2, 0.25) is 0 Å². The Hall–Kier alpha value is -2.29. The second kappa shape index (κ2) is 5.12. The van der Waals surface area contributed by atoms with Crippen LogP contribution in [0.25, 0.3) is 0 Å². The summed E-state index contributed by atoms with van der Waals surface area (Å²) in [4.78, 5) is 15.4. The van der Waals surface area contributed by atoms with Gasteiger partial charge in [0.15, 0.2) is 5.78 Å². The van der Waals surface area contributed by atoms with E-state index in [0.29, 0.717) is 5.78 Å². The number of hydrogen-bond acceptors (Lipinski definition) is 3. The first-order valence-corrected chi connectivity index (χ1v) is 8.19. The number of rotatable bonds is 2. The van der Waals surface area contributed by atoms with Gasteiger partial charge < -0.3 is 9.64 Å². The van der Waals surface area contributed by atoms with Crippen LogP contribution in [0, 0.1) is 5.41 Å². The highest BCUT2D eigenvalue weighted by molar-refractivity contribution is 6.06. The highest BCUT2D eigenvalue weighted by Gasteiger charge is 2.53. The Kier molecular flexibility index (Phi) is 3.19. The van der Waals surface area contributed by atoms with Gasteiger partial charge in [-0.15, -0.1) is 0 Å². The van der Waals surface area contributed by atoms with Crippen molar-refractivity contribution in [3.63, 3.8) is 0 Å². The van der Waals surface area contributed by atoms with Crippen molar-refractivity contribution in [3.05, 3.63) is 59.7 Å². The number of benzene rings is 2. The summed E-state index contributed by atoms with van der Waals surface area (Å²) in [6.07, 6.45) is 2.00. The highest BCUT2D eigenvalue weighted by Crippen LogP contribution is 2.54. The molecule has 0 spiro atoms. The van der Waals surface area contributed by atoms with E-state index in [1.807, 2.05) is 30.3 Å². The molecule has 0 amide bonds. The monoisotopic (exact) mass is 307 g/mol. The first-order valence-electron chi connectivity index (χ1n) is 8.19. The van der Waals surface area contributed by atoms with E-state index in [0.717, 1.165) is 36.4 Å². The number of ether oxygens (including phenoxy) is 1. The molecule has 0 bridgehead atoms. The molecule has 2 aromatic rings. The van der Waals surface area contributed by atoms with E-state index >= 15 is 0 Å². The smallest absolute Gasteiger partial charge is 0.171 e. The van der Waals surface area contributed by atoms with E-state index in [1.165, 1.54) is 5.56 Å². The second-order valence-corrected chi connectivity index (χ2v) is 6.73. The Morgan fingerprint density at radius 1 is 1.13 bits per heavy atom. The van der Waals surface area contributed by atoms with Gasteiger partial charge in [0.25, 0.3) is 0 Å². The summed E-state index contributed by atoms with van der Waals surface area (Å²) in [6, 6.07) is 16.4. The summed E-state index contributed by atoms with van der Waals surface area (Å²) in [5.74, 6) is 1.16. The summed E-state index contributed by atoms with van der Waals surface area (Å²) in [5.41, 5.74) is 2.92. The minimum atomic E-state index is -0.318. The maximum absolute atomic E-state index is 13.0. The van der Waals surface area contributed by atoms with Crippen molar-refractivity contribution in [3.8, 4) is 5.75 Å². The molecule has 1 aliphatic carbocycles. The average Bonchev–Trinajstić information content (AvgIpc) is 2.83. The topological polar surface area (TPSA) is 29.5 Å². The number of ketones is 1. The van der Waals surface area contributed by atoms with E-state index in [2.05, 4.69) is 30.0 Å². The van der Waals surface area contributed by atoms with Gasteiger partial charge in [-0.05, 0) is 49.6 Å². The fourth-order valence-corrected chi connectivity index (χ4v) is 4.28. The van der Waals surface area contributed by atoms with Crippen LogP contribution in [0.4, 0.5) is 5.69 Å². The van der Waals surface area contributed by atoms with E-state index in [1.54, 1.807) is 7.11 Å². The van der Waals surface area contributed by atoms with Crippen LogP contribution in [0.15, 0.2) is 48.5 Å². The van der Waals surface area contributed by atoms with Gasteiger partial charge in [0.1, 0.15) is 5.75 Å². The molecule has 1 saturated heterocycles. The first kappa shape index (κ1) is 14.3. The molecule has 118 valence electrons. The molecule has 2 unspecified atom stereocenters. The fraction of sp³-hybridized carbons (Fsp3) is 0.350. The zero-order valence-corrected chi connectivity index (χ0v) is 13.6. The minimum absolute atomic E-state index is 0.133. The SMILES string of the molecule is COc1ccc(N2CCCC3(C)C(=O)c4ccccc4C23)cc1. The highest BCUT2D eigenvalue weighted by atomic mass is 16.5. The number of hydrogen-bond donors (Lipinski definition) is 0. The van der Waals surface area contributed by atoms with Gasteiger partial charge in [0, 0.05) is 17.8 Å².